The van der Waals surface area contributed by atoms with E-state index in [1.807, 2.05) is 72.8 Å². The van der Waals surface area contributed by atoms with Gasteiger partial charge in [0.1, 0.15) is 0 Å². The van der Waals surface area contributed by atoms with Crippen LogP contribution in [0.1, 0.15) is 5.56 Å². The van der Waals surface area contributed by atoms with Gasteiger partial charge in [-0.05, 0) is 40.3 Å². The molecule has 1 heterocycles. The highest BCUT2D eigenvalue weighted by molar-refractivity contribution is 8.13. The number of tetrazole rings is 1. The van der Waals surface area contributed by atoms with E-state index in [0.29, 0.717) is 5.16 Å². The fraction of sp³-hybridized carbons (Fsp3) is 0.0909. The van der Waals surface area contributed by atoms with Gasteiger partial charge in [0.05, 0.1) is 11.4 Å². The summed E-state index contributed by atoms with van der Waals surface area (Å²) in [5.41, 5.74) is 2.90. The van der Waals surface area contributed by atoms with Gasteiger partial charge in [0.15, 0.2) is 0 Å². The van der Waals surface area contributed by atoms with Crippen molar-refractivity contribution < 1.29 is 4.79 Å². The number of benzene rings is 3. The maximum Gasteiger partial charge on any atom is 0.293 e. The molecule has 0 unspecified atom stereocenters. The first-order valence-corrected chi connectivity index (χ1v) is 11.1. The van der Waals surface area contributed by atoms with Crippen LogP contribution >= 0.6 is 23.5 Å². The molecule has 0 aliphatic rings. The van der Waals surface area contributed by atoms with Gasteiger partial charge in [-0.3, -0.25) is 4.79 Å². The molecule has 0 aliphatic carbocycles. The first kappa shape index (κ1) is 20.2. The molecule has 1 amide bonds. The van der Waals surface area contributed by atoms with Crippen molar-refractivity contribution in [1.82, 2.24) is 20.2 Å². The average Bonchev–Trinajstić information content (AvgIpc) is 3.26. The van der Waals surface area contributed by atoms with Gasteiger partial charge in [-0.2, -0.15) is 4.68 Å². The smallest absolute Gasteiger partial charge is 0.293 e. The highest BCUT2D eigenvalue weighted by atomic mass is 32.2. The van der Waals surface area contributed by atoms with Crippen LogP contribution in [0.4, 0.5) is 10.5 Å². The molecule has 0 atom stereocenters. The molecule has 0 saturated heterocycles. The summed E-state index contributed by atoms with van der Waals surface area (Å²) >= 11 is 2.71. The number of hydrogen-bond acceptors (Lipinski definition) is 6. The second-order valence-corrected chi connectivity index (χ2v) is 8.31. The molecule has 4 rings (SSSR count). The predicted molar refractivity (Wildman–Crippen MR) is 121 cm³/mol. The van der Waals surface area contributed by atoms with E-state index in [1.54, 1.807) is 28.4 Å². The maximum atomic E-state index is 13.0. The van der Waals surface area contributed by atoms with E-state index in [0.717, 1.165) is 33.8 Å². The zero-order chi connectivity index (χ0) is 20.8. The van der Waals surface area contributed by atoms with Crippen LogP contribution in [0.15, 0.2) is 95.0 Å². The maximum absolute atomic E-state index is 13.0. The minimum atomic E-state index is -0.158. The average molecular weight is 434 g/mol. The Labute approximate surface area is 183 Å². The van der Waals surface area contributed by atoms with E-state index >= 15 is 0 Å². The predicted octanol–water partition coefficient (Wildman–Crippen LogP) is 5.30. The van der Waals surface area contributed by atoms with E-state index in [-0.39, 0.29) is 5.24 Å². The lowest BCUT2D eigenvalue weighted by atomic mass is 10.2. The number of nitrogens with zero attached hydrogens (tertiary/aromatic N) is 5. The largest absolute Gasteiger partial charge is 0.305 e. The molecule has 0 saturated carbocycles. The first-order valence-electron chi connectivity index (χ1n) is 9.27. The minimum Gasteiger partial charge on any atom is -0.305 e. The molecule has 6 nitrogen and oxygen atoms in total. The van der Waals surface area contributed by atoms with Crippen LogP contribution in [-0.4, -0.2) is 32.5 Å². The molecule has 30 heavy (non-hydrogen) atoms. The summed E-state index contributed by atoms with van der Waals surface area (Å²) in [7, 11) is 1.77. The van der Waals surface area contributed by atoms with Crippen LogP contribution in [0.3, 0.4) is 0 Å². The molecule has 3 aromatic carbocycles. The van der Waals surface area contributed by atoms with Crippen molar-refractivity contribution in [2.45, 2.75) is 15.8 Å². The van der Waals surface area contributed by atoms with Gasteiger partial charge in [-0.15, -0.1) is 16.9 Å². The summed E-state index contributed by atoms with van der Waals surface area (Å²) in [6, 6.07) is 27.7. The highest BCUT2D eigenvalue weighted by Gasteiger charge is 2.20. The lowest BCUT2D eigenvalue weighted by Crippen LogP contribution is -2.22. The van der Waals surface area contributed by atoms with Crippen LogP contribution in [0.5, 0.6) is 0 Å². The van der Waals surface area contributed by atoms with E-state index in [4.69, 9.17) is 0 Å². The zero-order valence-electron chi connectivity index (χ0n) is 16.3. The summed E-state index contributed by atoms with van der Waals surface area (Å²) in [6.07, 6.45) is 0. The van der Waals surface area contributed by atoms with Gasteiger partial charge in [0, 0.05) is 29.5 Å². The number of rotatable bonds is 6. The Kier molecular flexibility index (Phi) is 6.46. The molecule has 0 N–H and O–H groups in total. The van der Waals surface area contributed by atoms with Gasteiger partial charge in [-0.25, -0.2) is 0 Å². The Hall–Kier alpha value is -3.10. The molecule has 0 bridgehead atoms. The SMILES string of the molecule is CN(C(=O)Sc1nnnn1-c1ccccc1)c1ccccc1SCc1ccccc1. The summed E-state index contributed by atoms with van der Waals surface area (Å²) < 4.78 is 1.56. The molecular weight excluding hydrogens is 414 g/mol. The second kappa shape index (κ2) is 9.60. The molecule has 0 radical (unpaired) electrons. The first-order chi connectivity index (χ1) is 14.7. The fourth-order valence-corrected chi connectivity index (χ4v) is 4.55. The van der Waals surface area contributed by atoms with Gasteiger partial charge in [0.25, 0.3) is 5.24 Å². The molecule has 1 aromatic heterocycles. The normalized spacial score (nSPS) is 10.7. The van der Waals surface area contributed by atoms with Crippen molar-refractivity contribution in [3.8, 4) is 5.69 Å². The third-order valence-corrected chi connectivity index (χ3v) is 6.38. The van der Waals surface area contributed by atoms with Gasteiger partial charge < -0.3 is 4.90 Å². The molecule has 0 spiro atoms. The molecule has 4 aromatic rings. The van der Waals surface area contributed by atoms with E-state index in [2.05, 4.69) is 27.7 Å². The van der Waals surface area contributed by atoms with Crippen molar-refractivity contribution in [2.75, 3.05) is 11.9 Å². The van der Waals surface area contributed by atoms with Crippen molar-refractivity contribution >= 4 is 34.5 Å². The monoisotopic (exact) mass is 433 g/mol. The Balaban J connectivity index is 1.49. The van der Waals surface area contributed by atoms with Gasteiger partial charge >= 0.3 is 0 Å². The molecule has 8 heteroatoms. The van der Waals surface area contributed by atoms with E-state index < -0.39 is 0 Å². The molecule has 0 aliphatic heterocycles. The van der Waals surface area contributed by atoms with Crippen LogP contribution in [0.25, 0.3) is 5.69 Å². The number of hydrogen-bond donors (Lipinski definition) is 0. The number of carbonyl (C=O) groups excluding carboxylic acids is 1. The van der Waals surface area contributed by atoms with Crippen LogP contribution in [0, 0.1) is 0 Å². The quantitative estimate of drug-likeness (QED) is 0.384. The van der Waals surface area contributed by atoms with Gasteiger partial charge in [0.2, 0.25) is 5.16 Å². The molecule has 0 fully saturated rings. The number of anilines is 1. The summed E-state index contributed by atoms with van der Waals surface area (Å²) in [5.74, 6) is 0.833. The Morgan fingerprint density at radius 2 is 1.60 bits per heavy atom. The third-order valence-electron chi connectivity index (χ3n) is 4.36. The van der Waals surface area contributed by atoms with Crippen LogP contribution in [0.2, 0.25) is 0 Å². The summed E-state index contributed by atoms with van der Waals surface area (Å²) in [4.78, 5) is 15.7. The lowest BCUT2D eigenvalue weighted by Gasteiger charge is -2.19. The molecule has 150 valence electrons. The Morgan fingerprint density at radius 3 is 2.37 bits per heavy atom. The van der Waals surface area contributed by atoms with Crippen molar-refractivity contribution in [1.29, 1.82) is 0 Å². The number of aromatic nitrogens is 4. The number of amides is 1. The number of carbonyl (C=O) groups is 1. The number of para-hydroxylation sites is 2. The highest BCUT2D eigenvalue weighted by Crippen LogP contribution is 2.34. The second-order valence-electron chi connectivity index (χ2n) is 6.38. The summed E-state index contributed by atoms with van der Waals surface area (Å²) in [6.45, 7) is 0. The van der Waals surface area contributed by atoms with Crippen molar-refractivity contribution in [2.24, 2.45) is 0 Å². The molecular formula is C22H19N5OS2. The van der Waals surface area contributed by atoms with Crippen molar-refractivity contribution in [3.05, 3.63) is 90.5 Å². The Morgan fingerprint density at radius 1 is 0.933 bits per heavy atom. The zero-order valence-corrected chi connectivity index (χ0v) is 17.9. The van der Waals surface area contributed by atoms with E-state index in [1.165, 1.54) is 5.56 Å². The van der Waals surface area contributed by atoms with Gasteiger partial charge in [-0.1, -0.05) is 60.7 Å². The number of thioether (sulfide) groups is 2. The third kappa shape index (κ3) is 4.72. The van der Waals surface area contributed by atoms with E-state index in [9.17, 15) is 4.79 Å². The van der Waals surface area contributed by atoms with Crippen LogP contribution < -0.4 is 4.90 Å². The summed E-state index contributed by atoms with van der Waals surface area (Å²) in [5, 5.41) is 12.0. The minimum absolute atomic E-state index is 0.158. The fourth-order valence-electron chi connectivity index (χ4n) is 2.81. The van der Waals surface area contributed by atoms with Crippen molar-refractivity contribution in [3.63, 3.8) is 0 Å². The topological polar surface area (TPSA) is 63.9 Å². The lowest BCUT2D eigenvalue weighted by molar-refractivity contribution is 0.266. The Bertz CT molecular complexity index is 1120. The van der Waals surface area contributed by atoms with Crippen LogP contribution in [-0.2, 0) is 5.75 Å². The standard InChI is InChI=1S/C22H19N5OS2/c1-26(19-14-8-9-15-20(19)29-16-17-10-4-2-5-11-17)22(28)30-21-23-24-25-27(21)18-12-6-3-7-13-18/h2-15H,16H2,1H3.